The van der Waals surface area contributed by atoms with Crippen molar-refractivity contribution in [3.05, 3.63) is 58.6 Å². The molecule has 0 fully saturated rings. The number of ether oxygens (including phenoxy) is 1. The molecule has 110 valence electrons. The lowest BCUT2D eigenvalue weighted by Gasteiger charge is -2.19. The molecule has 2 N–H and O–H groups in total. The van der Waals surface area contributed by atoms with Gasteiger partial charge in [-0.15, -0.1) is 0 Å². The highest BCUT2D eigenvalue weighted by Crippen LogP contribution is 2.29. The van der Waals surface area contributed by atoms with Crippen molar-refractivity contribution >= 4 is 23.3 Å². The minimum Gasteiger partial charge on any atom is -0.497 e. The van der Waals surface area contributed by atoms with Crippen molar-refractivity contribution in [3.63, 3.8) is 0 Å². The standard InChI is InChI=1S/C16H16ClNO3/c1-10(12-5-3-4-6-14(12)17)18-15-9-11(21-2)7-8-13(15)16(19)20/h3-10,18H,1-2H3,(H,19,20). The molecule has 4 nitrogen and oxygen atoms in total. The number of carboxylic acids is 1. The van der Waals surface area contributed by atoms with Gasteiger partial charge in [0.25, 0.3) is 0 Å². The Kier molecular flexibility index (Phi) is 4.70. The Morgan fingerprint density at radius 1 is 1.29 bits per heavy atom. The SMILES string of the molecule is COc1ccc(C(=O)O)c(NC(C)c2ccccc2Cl)c1. The number of nitrogens with one attached hydrogen (secondary N) is 1. The van der Waals surface area contributed by atoms with Gasteiger partial charge < -0.3 is 15.2 Å². The van der Waals surface area contributed by atoms with E-state index in [4.69, 9.17) is 16.3 Å². The van der Waals surface area contributed by atoms with Crippen LogP contribution in [0.1, 0.15) is 28.9 Å². The fourth-order valence-electron chi connectivity index (χ4n) is 2.09. The van der Waals surface area contributed by atoms with Gasteiger partial charge in [-0.1, -0.05) is 29.8 Å². The Morgan fingerprint density at radius 3 is 2.62 bits per heavy atom. The molecule has 0 aliphatic heterocycles. The van der Waals surface area contributed by atoms with Gasteiger partial charge in [0.2, 0.25) is 0 Å². The molecule has 0 radical (unpaired) electrons. The number of halogens is 1. The summed E-state index contributed by atoms with van der Waals surface area (Å²) in [5, 5.41) is 13.1. The molecule has 21 heavy (non-hydrogen) atoms. The average Bonchev–Trinajstić information content (AvgIpc) is 2.47. The molecule has 2 aromatic rings. The highest BCUT2D eigenvalue weighted by atomic mass is 35.5. The van der Waals surface area contributed by atoms with E-state index in [1.54, 1.807) is 18.2 Å². The molecule has 0 aromatic heterocycles. The first-order valence-electron chi connectivity index (χ1n) is 6.45. The van der Waals surface area contributed by atoms with Crippen LogP contribution in [0.5, 0.6) is 5.75 Å². The van der Waals surface area contributed by atoms with Gasteiger partial charge in [0, 0.05) is 11.1 Å². The topological polar surface area (TPSA) is 58.6 Å². The summed E-state index contributed by atoms with van der Waals surface area (Å²) in [5.41, 5.74) is 1.59. The third-order valence-electron chi connectivity index (χ3n) is 3.20. The van der Waals surface area contributed by atoms with Crippen LogP contribution in [0.2, 0.25) is 5.02 Å². The molecule has 1 atom stereocenters. The van der Waals surface area contributed by atoms with Gasteiger partial charge in [0.1, 0.15) is 5.75 Å². The van der Waals surface area contributed by atoms with Gasteiger partial charge in [0.05, 0.1) is 24.4 Å². The Hall–Kier alpha value is -2.20. The Balaban J connectivity index is 2.34. The van der Waals surface area contributed by atoms with E-state index in [9.17, 15) is 9.90 Å². The number of carboxylic acid groups (broad SMARTS) is 1. The molecule has 0 amide bonds. The zero-order valence-electron chi connectivity index (χ0n) is 11.8. The first-order chi connectivity index (χ1) is 10.0. The average molecular weight is 306 g/mol. The van der Waals surface area contributed by atoms with E-state index in [-0.39, 0.29) is 11.6 Å². The minimum atomic E-state index is -0.994. The van der Waals surface area contributed by atoms with Crippen molar-refractivity contribution in [2.24, 2.45) is 0 Å². The maximum Gasteiger partial charge on any atom is 0.337 e. The molecule has 5 heteroatoms. The van der Waals surface area contributed by atoms with Crippen molar-refractivity contribution in [1.29, 1.82) is 0 Å². The normalized spacial score (nSPS) is 11.8. The van der Waals surface area contributed by atoms with Crippen molar-refractivity contribution in [1.82, 2.24) is 0 Å². The van der Waals surface area contributed by atoms with Crippen molar-refractivity contribution in [3.8, 4) is 5.75 Å². The first-order valence-corrected chi connectivity index (χ1v) is 6.83. The van der Waals surface area contributed by atoms with E-state index in [0.29, 0.717) is 16.5 Å². The van der Waals surface area contributed by atoms with Gasteiger partial charge >= 0.3 is 5.97 Å². The molecule has 0 bridgehead atoms. The molecular weight excluding hydrogens is 290 g/mol. The second-order valence-corrected chi connectivity index (χ2v) is 5.01. The third-order valence-corrected chi connectivity index (χ3v) is 3.55. The van der Waals surface area contributed by atoms with E-state index in [2.05, 4.69) is 5.32 Å². The molecule has 2 aromatic carbocycles. The highest BCUT2D eigenvalue weighted by molar-refractivity contribution is 6.31. The number of methoxy groups -OCH3 is 1. The van der Waals surface area contributed by atoms with E-state index < -0.39 is 5.97 Å². The van der Waals surface area contributed by atoms with Gasteiger partial charge in [-0.05, 0) is 30.7 Å². The van der Waals surface area contributed by atoms with Gasteiger partial charge in [-0.2, -0.15) is 0 Å². The number of aromatic carboxylic acids is 1. The van der Waals surface area contributed by atoms with Gasteiger partial charge in [-0.3, -0.25) is 0 Å². The summed E-state index contributed by atoms with van der Waals surface area (Å²) in [6.07, 6.45) is 0. The zero-order valence-corrected chi connectivity index (χ0v) is 12.5. The molecule has 0 saturated carbocycles. The molecule has 0 aliphatic carbocycles. The Morgan fingerprint density at radius 2 is 2.00 bits per heavy atom. The molecule has 2 rings (SSSR count). The van der Waals surface area contributed by atoms with Crippen LogP contribution in [0.15, 0.2) is 42.5 Å². The fraction of sp³-hybridized carbons (Fsp3) is 0.188. The monoisotopic (exact) mass is 305 g/mol. The maximum atomic E-state index is 11.3. The van der Waals surface area contributed by atoms with E-state index in [0.717, 1.165) is 5.56 Å². The van der Waals surface area contributed by atoms with E-state index in [1.165, 1.54) is 13.2 Å². The zero-order chi connectivity index (χ0) is 15.4. The minimum absolute atomic E-state index is 0.135. The van der Waals surface area contributed by atoms with Crippen LogP contribution in [0.4, 0.5) is 5.69 Å². The van der Waals surface area contributed by atoms with Crippen molar-refractivity contribution < 1.29 is 14.6 Å². The highest BCUT2D eigenvalue weighted by Gasteiger charge is 2.15. The third kappa shape index (κ3) is 3.47. The van der Waals surface area contributed by atoms with E-state index in [1.807, 2.05) is 25.1 Å². The van der Waals surface area contributed by atoms with Gasteiger partial charge in [-0.25, -0.2) is 4.79 Å². The Labute approximate surface area is 128 Å². The summed E-state index contributed by atoms with van der Waals surface area (Å²) < 4.78 is 5.14. The summed E-state index contributed by atoms with van der Waals surface area (Å²) >= 11 is 6.17. The van der Waals surface area contributed by atoms with Crippen LogP contribution in [-0.2, 0) is 0 Å². The van der Waals surface area contributed by atoms with Crippen molar-refractivity contribution in [2.45, 2.75) is 13.0 Å². The summed E-state index contributed by atoms with van der Waals surface area (Å²) in [4.78, 5) is 11.3. The van der Waals surface area contributed by atoms with Crippen molar-refractivity contribution in [2.75, 3.05) is 12.4 Å². The molecule has 1 unspecified atom stereocenters. The lowest BCUT2D eigenvalue weighted by Crippen LogP contribution is -2.11. The predicted molar refractivity (Wildman–Crippen MR) is 83.4 cm³/mol. The summed E-state index contributed by atoms with van der Waals surface area (Å²) in [6, 6.07) is 12.1. The number of carbonyl (C=O) groups is 1. The molecule has 0 aliphatic rings. The van der Waals surface area contributed by atoms with Crippen LogP contribution in [0.3, 0.4) is 0 Å². The summed E-state index contributed by atoms with van der Waals surface area (Å²) in [6.45, 7) is 1.92. The van der Waals surface area contributed by atoms with Gasteiger partial charge in [0.15, 0.2) is 0 Å². The summed E-state index contributed by atoms with van der Waals surface area (Å²) in [7, 11) is 1.54. The number of anilines is 1. The second-order valence-electron chi connectivity index (χ2n) is 4.60. The maximum absolute atomic E-state index is 11.3. The fourth-order valence-corrected chi connectivity index (χ4v) is 2.39. The Bertz CT molecular complexity index is 658. The number of benzene rings is 2. The quantitative estimate of drug-likeness (QED) is 0.868. The van der Waals surface area contributed by atoms with Crippen LogP contribution < -0.4 is 10.1 Å². The van der Waals surface area contributed by atoms with Crippen LogP contribution >= 0.6 is 11.6 Å². The largest absolute Gasteiger partial charge is 0.497 e. The summed E-state index contributed by atoms with van der Waals surface area (Å²) in [5.74, 6) is -0.402. The molecule has 0 spiro atoms. The van der Waals surface area contributed by atoms with Crippen LogP contribution in [0, 0.1) is 0 Å². The first kappa shape index (κ1) is 15.2. The molecule has 0 heterocycles. The number of rotatable bonds is 5. The lowest BCUT2D eigenvalue weighted by atomic mass is 10.1. The predicted octanol–water partition coefficient (Wildman–Crippen LogP) is 4.22. The molecular formula is C16H16ClNO3. The van der Waals surface area contributed by atoms with Crippen LogP contribution in [-0.4, -0.2) is 18.2 Å². The molecule has 0 saturated heterocycles. The number of hydrogen-bond donors (Lipinski definition) is 2. The van der Waals surface area contributed by atoms with Crippen LogP contribution in [0.25, 0.3) is 0 Å². The second kappa shape index (κ2) is 6.50. The lowest BCUT2D eigenvalue weighted by molar-refractivity contribution is 0.0698. The smallest absolute Gasteiger partial charge is 0.337 e. The number of hydrogen-bond acceptors (Lipinski definition) is 3. The van der Waals surface area contributed by atoms with E-state index >= 15 is 0 Å².